The molecule has 182 valence electrons. The molecule has 3 aromatic rings. The van der Waals surface area contributed by atoms with Crippen molar-refractivity contribution in [3.05, 3.63) is 80.7 Å². The van der Waals surface area contributed by atoms with E-state index in [1.807, 2.05) is 13.0 Å². The van der Waals surface area contributed by atoms with Gasteiger partial charge >= 0.3 is 5.97 Å². The van der Waals surface area contributed by atoms with E-state index in [2.05, 4.69) is 0 Å². The van der Waals surface area contributed by atoms with Crippen molar-refractivity contribution in [2.75, 3.05) is 46.5 Å². The maximum absolute atomic E-state index is 13.7. The number of carbonyl (C=O) groups is 2. The number of amides is 1. The van der Waals surface area contributed by atoms with Crippen molar-refractivity contribution < 1.29 is 28.4 Å². The van der Waals surface area contributed by atoms with Crippen LogP contribution in [0.25, 0.3) is 11.0 Å². The van der Waals surface area contributed by atoms with Crippen molar-refractivity contribution in [2.45, 2.75) is 19.4 Å². The fourth-order valence-electron chi connectivity index (χ4n) is 5.04. The van der Waals surface area contributed by atoms with Gasteiger partial charge in [0.1, 0.15) is 18.7 Å². The molecule has 2 aliphatic heterocycles. The van der Waals surface area contributed by atoms with Gasteiger partial charge in [-0.25, -0.2) is 4.79 Å². The van der Waals surface area contributed by atoms with E-state index >= 15 is 0 Å². The highest BCUT2D eigenvalue weighted by atomic mass is 16.5. The van der Waals surface area contributed by atoms with Crippen molar-refractivity contribution >= 4 is 22.8 Å². The van der Waals surface area contributed by atoms with Crippen molar-refractivity contribution in [2.24, 2.45) is 0 Å². The fourth-order valence-corrected chi connectivity index (χ4v) is 5.04. The molecule has 0 bridgehead atoms. The molecule has 0 spiro atoms. The second-order valence-corrected chi connectivity index (χ2v) is 9.15. The van der Waals surface area contributed by atoms with Crippen LogP contribution in [0.4, 0.5) is 0 Å². The summed E-state index contributed by atoms with van der Waals surface area (Å²) in [6.07, 6.45) is 0.790. The van der Waals surface area contributed by atoms with E-state index in [-0.39, 0.29) is 17.1 Å². The highest BCUT2D eigenvalue weighted by Gasteiger charge is 2.42. The van der Waals surface area contributed by atoms with Crippen molar-refractivity contribution in [3.63, 3.8) is 0 Å². The Morgan fingerprint density at radius 3 is 2.57 bits per heavy atom. The van der Waals surface area contributed by atoms with Gasteiger partial charge in [-0.15, -0.1) is 0 Å². The molecule has 1 aromatic heterocycles. The molecule has 5 rings (SSSR count). The third-order valence-electron chi connectivity index (χ3n) is 6.90. The minimum Gasteiger partial charge on any atom is -0.465 e. The topological polar surface area (TPSA) is 90.5 Å². The molecule has 1 unspecified atom stereocenters. The van der Waals surface area contributed by atoms with Gasteiger partial charge in [-0.3, -0.25) is 9.59 Å². The number of morpholine rings is 1. The first kappa shape index (κ1) is 23.3. The van der Waals surface area contributed by atoms with Crippen LogP contribution in [0.15, 0.2) is 51.7 Å². The van der Waals surface area contributed by atoms with Crippen molar-refractivity contribution in [3.8, 4) is 0 Å². The van der Waals surface area contributed by atoms with E-state index in [9.17, 15) is 14.4 Å². The van der Waals surface area contributed by atoms with Gasteiger partial charge in [0.15, 0.2) is 5.43 Å². The lowest BCUT2D eigenvalue weighted by Gasteiger charge is -2.27. The molecule has 2 aromatic carbocycles. The summed E-state index contributed by atoms with van der Waals surface area (Å²) in [4.78, 5) is 42.3. The monoisotopic (exact) mass is 477 g/mol. The first-order chi connectivity index (χ1) is 17.0. The normalized spacial score (nSPS) is 18.2. The Morgan fingerprint density at radius 1 is 1.11 bits per heavy atom. The van der Waals surface area contributed by atoms with E-state index in [1.54, 1.807) is 41.3 Å². The maximum Gasteiger partial charge on any atom is 0.337 e. The van der Waals surface area contributed by atoms with Crippen LogP contribution in [-0.2, 0) is 9.47 Å². The highest BCUT2D eigenvalue weighted by molar-refractivity contribution is 5.99. The lowest BCUT2D eigenvalue weighted by Crippen LogP contribution is -3.14. The number of rotatable bonds is 6. The molecule has 0 radical (unpaired) electrons. The van der Waals surface area contributed by atoms with E-state index < -0.39 is 12.0 Å². The first-order valence-corrected chi connectivity index (χ1v) is 12.0. The number of fused-ring (bicyclic) bond motifs is 2. The summed E-state index contributed by atoms with van der Waals surface area (Å²) >= 11 is 0. The number of hydrogen-bond donors (Lipinski definition) is 1. The van der Waals surface area contributed by atoms with Crippen LogP contribution in [0.3, 0.4) is 0 Å². The zero-order chi connectivity index (χ0) is 24.5. The second kappa shape index (κ2) is 9.64. The Balaban J connectivity index is 1.53. The fraction of sp³-hybridized carbons (Fsp3) is 0.370. The molecule has 0 saturated carbocycles. The highest BCUT2D eigenvalue weighted by Crippen LogP contribution is 2.38. The number of ether oxygens (including phenoxy) is 2. The van der Waals surface area contributed by atoms with E-state index in [0.717, 1.165) is 50.4 Å². The Bertz CT molecular complexity index is 1320. The van der Waals surface area contributed by atoms with Crippen molar-refractivity contribution in [1.82, 2.24) is 4.90 Å². The van der Waals surface area contributed by atoms with Crippen LogP contribution >= 0.6 is 0 Å². The number of benzene rings is 2. The molecular weight excluding hydrogens is 448 g/mol. The lowest BCUT2D eigenvalue weighted by molar-refractivity contribution is -0.908. The van der Waals surface area contributed by atoms with Gasteiger partial charge in [-0.05, 0) is 36.8 Å². The number of nitrogens with zero attached hydrogens (tertiary/aromatic N) is 1. The Kier molecular flexibility index (Phi) is 6.40. The number of methoxy groups -OCH3 is 1. The standard InChI is InChI=1S/C27H28N2O6/c1-17-4-9-21-20(16-17)24(30)22-23(18-5-7-19(8-6-18)27(32)33-2)29(26(31)25(22)35-21)11-3-10-28-12-14-34-15-13-28/h4-9,16,23H,3,10-15H2,1-2H3/p+1. The van der Waals surface area contributed by atoms with Gasteiger partial charge in [-0.1, -0.05) is 23.8 Å². The number of esters is 1. The average molecular weight is 478 g/mol. The molecule has 8 nitrogen and oxygen atoms in total. The summed E-state index contributed by atoms with van der Waals surface area (Å²) in [5.74, 6) is -0.614. The number of nitrogens with one attached hydrogen (secondary N) is 1. The van der Waals surface area contributed by atoms with E-state index in [0.29, 0.717) is 28.6 Å². The van der Waals surface area contributed by atoms with Gasteiger partial charge in [0.25, 0.3) is 5.91 Å². The minimum atomic E-state index is -0.579. The molecule has 1 atom stereocenters. The van der Waals surface area contributed by atoms with Gasteiger partial charge < -0.3 is 23.7 Å². The van der Waals surface area contributed by atoms with Crippen LogP contribution < -0.4 is 10.3 Å². The van der Waals surface area contributed by atoms with Crippen LogP contribution in [0.5, 0.6) is 0 Å². The maximum atomic E-state index is 13.7. The molecule has 8 heteroatoms. The quantitative estimate of drug-likeness (QED) is 0.544. The Morgan fingerprint density at radius 2 is 1.86 bits per heavy atom. The summed E-state index contributed by atoms with van der Waals surface area (Å²) in [5.41, 5.74) is 2.68. The zero-order valence-electron chi connectivity index (χ0n) is 20.0. The third kappa shape index (κ3) is 4.35. The largest absolute Gasteiger partial charge is 0.465 e. The molecule has 1 fully saturated rings. The number of carbonyl (C=O) groups excluding carboxylic acids is 2. The third-order valence-corrected chi connectivity index (χ3v) is 6.90. The summed E-state index contributed by atoms with van der Waals surface area (Å²) in [7, 11) is 1.33. The Hall–Kier alpha value is -3.49. The molecule has 35 heavy (non-hydrogen) atoms. The summed E-state index contributed by atoms with van der Waals surface area (Å²) in [6.45, 7) is 6.74. The molecule has 2 aliphatic rings. The smallest absolute Gasteiger partial charge is 0.337 e. The Labute approximate surface area is 203 Å². The summed E-state index contributed by atoms with van der Waals surface area (Å²) in [5, 5.41) is 0.465. The molecule has 3 heterocycles. The summed E-state index contributed by atoms with van der Waals surface area (Å²) in [6, 6.07) is 11.7. The van der Waals surface area contributed by atoms with Crippen LogP contribution in [0.2, 0.25) is 0 Å². The van der Waals surface area contributed by atoms with Crippen LogP contribution in [-0.4, -0.2) is 63.3 Å². The lowest BCUT2D eigenvalue weighted by atomic mass is 9.97. The van der Waals surface area contributed by atoms with Crippen LogP contribution in [0.1, 0.15) is 50.1 Å². The number of hydrogen-bond acceptors (Lipinski definition) is 6. The average Bonchev–Trinajstić information content (AvgIpc) is 3.16. The zero-order valence-corrected chi connectivity index (χ0v) is 20.0. The van der Waals surface area contributed by atoms with Gasteiger partial charge in [-0.2, -0.15) is 0 Å². The van der Waals surface area contributed by atoms with Crippen LogP contribution in [0, 0.1) is 6.92 Å². The predicted octanol–water partition coefficient (Wildman–Crippen LogP) is 1.74. The van der Waals surface area contributed by atoms with Gasteiger partial charge in [0.2, 0.25) is 5.76 Å². The van der Waals surface area contributed by atoms with Gasteiger partial charge in [0, 0.05) is 13.0 Å². The predicted molar refractivity (Wildman–Crippen MR) is 129 cm³/mol. The van der Waals surface area contributed by atoms with E-state index in [4.69, 9.17) is 13.9 Å². The second-order valence-electron chi connectivity index (χ2n) is 9.15. The minimum absolute atomic E-state index is 0.104. The SMILES string of the molecule is COC(=O)c1ccc(C2c3c(oc4ccc(C)cc4c3=O)C(=O)N2CCC[NH+]2CCOCC2)cc1. The van der Waals surface area contributed by atoms with Crippen molar-refractivity contribution in [1.29, 1.82) is 0 Å². The number of aryl methyl sites for hydroxylation is 1. The molecular formula is C27H29N2O6+. The van der Waals surface area contributed by atoms with Gasteiger partial charge in [0.05, 0.1) is 49.4 Å². The molecule has 1 saturated heterocycles. The molecule has 0 aliphatic carbocycles. The molecule has 1 N–H and O–H groups in total. The van der Waals surface area contributed by atoms with E-state index in [1.165, 1.54) is 12.0 Å². The first-order valence-electron chi connectivity index (χ1n) is 12.0. The molecule has 1 amide bonds. The number of quaternary nitrogens is 1. The summed E-state index contributed by atoms with van der Waals surface area (Å²) < 4.78 is 16.3.